The molecule has 0 saturated carbocycles. The maximum absolute atomic E-state index is 4.83. The summed E-state index contributed by atoms with van der Waals surface area (Å²) in [5, 5.41) is 0. The molecular weight excluding hydrogens is 3040 g/mol. The van der Waals surface area contributed by atoms with Gasteiger partial charge in [-0.3, -0.25) is 0 Å². The van der Waals surface area contributed by atoms with Gasteiger partial charge < -0.3 is 0 Å². The lowest BCUT2D eigenvalue weighted by atomic mass is 28.3. The first-order valence-corrected chi connectivity index (χ1v) is 200. The van der Waals surface area contributed by atoms with E-state index in [0.717, 1.165) is 0 Å². The average Bonchev–Trinajstić information content (AvgIpc) is 3.37. The van der Waals surface area contributed by atoms with Gasteiger partial charge in [0.1, 0.15) is 0 Å². The Bertz CT molecular complexity index is 1640. The summed E-state index contributed by atoms with van der Waals surface area (Å²) in [5.74, 6) is 0. The van der Waals surface area contributed by atoms with Crippen LogP contribution in [0.1, 0.15) is 0 Å². The summed E-state index contributed by atoms with van der Waals surface area (Å²) in [7, 11) is 191. The maximum atomic E-state index is 4.83. The molecule has 0 nitrogen and oxygen atoms in total. The van der Waals surface area contributed by atoms with Crippen molar-refractivity contribution in [2.75, 3.05) is 0 Å². The van der Waals surface area contributed by atoms with Crippen LogP contribution in [0.3, 0.4) is 0 Å². The lowest BCUT2D eigenvalue weighted by Crippen LogP contribution is -1.77. The fraction of sp³-hybridized carbons (Fsp3) is 0. The van der Waals surface area contributed by atoms with Gasteiger partial charge in [0.2, 0.25) is 0 Å². The lowest BCUT2D eigenvalue weighted by Gasteiger charge is -2.64. The number of hydrogen-bond donors (Lipinski definition) is 0. The summed E-state index contributed by atoms with van der Waals surface area (Å²) in [6, 6.07) is 0. The van der Waals surface area contributed by atoms with E-state index in [0.29, 0.717) is 0 Å². The third kappa shape index (κ3) is 49.1. The highest BCUT2D eigenvalue weighted by Crippen LogP contribution is 3.54. The molecule has 0 aromatic rings. The summed E-state index contributed by atoms with van der Waals surface area (Å²) >= 11 is 0. The fourth-order valence-electron chi connectivity index (χ4n) is 6.02. The molecule has 0 aromatic carbocycles. The minimum atomic E-state index is -0.656. The first-order valence-electron chi connectivity index (χ1n) is 22.2. The second kappa shape index (κ2) is 76.6. The van der Waals surface area contributed by atoms with Crippen molar-refractivity contribution in [3.05, 3.63) is 0 Å². The van der Waals surface area contributed by atoms with Crippen LogP contribution in [0.2, 0.25) is 0 Å². The largest absolute Gasteiger partial charge is 0.102 e. The monoisotopic (exact) mass is 3130 g/mol. The zero-order chi connectivity index (χ0) is 77.7. The van der Waals surface area contributed by atoms with E-state index < -0.39 is 335 Å². The first-order chi connectivity index (χ1) is 44.5. The van der Waals surface area contributed by atoms with Crippen molar-refractivity contribution < 1.29 is 0 Å². The Morgan fingerprint density at radius 3 is 0.204 bits per heavy atom. The predicted molar refractivity (Wildman–Crippen MR) is 815 cm³/mol. The van der Waals surface area contributed by atoms with Crippen molar-refractivity contribution in [2.45, 2.75) is 0 Å². The van der Waals surface area contributed by atoms with Crippen molar-refractivity contribution >= 4 is 782 Å². The molecule has 0 N–H and O–H groups in total. The Morgan fingerprint density at radius 2 is 0.143 bits per heavy atom. The molecule has 588 valence electrons. The van der Waals surface area contributed by atoms with Crippen LogP contribution in [0.15, 0.2) is 0 Å². The Morgan fingerprint density at radius 1 is 0.0816 bits per heavy atom. The highest BCUT2D eigenvalue weighted by atomic mass is 33.7. The maximum Gasteiger partial charge on any atom is -0.000000230 e. The van der Waals surface area contributed by atoms with E-state index >= 15 is 0 Å². The first kappa shape index (κ1) is 140. The summed E-state index contributed by atoms with van der Waals surface area (Å²) in [5.41, 5.74) is 0. The third-order valence-corrected chi connectivity index (χ3v) is 701. The second-order valence-corrected chi connectivity index (χ2v) is 421. The Hall–Kier alpha value is 42.1. The van der Waals surface area contributed by atoms with Crippen LogP contribution in [0.25, 0.3) is 0 Å². The zero-order valence-corrected chi connectivity index (χ0v) is 151. The third-order valence-electron chi connectivity index (χ3n) is 8.66. The highest BCUT2D eigenvalue weighted by Gasteiger charge is 2.67. The second-order valence-electron chi connectivity index (χ2n) is 15.6. The zero-order valence-electron chi connectivity index (χ0n) is 50.2. The summed E-state index contributed by atoms with van der Waals surface area (Å²) in [4.78, 5) is 0. The quantitative estimate of drug-likeness (QED) is 0.0533. The van der Waals surface area contributed by atoms with Gasteiger partial charge in [-0.05, 0) is 335 Å². The van der Waals surface area contributed by atoms with E-state index in [1.807, 2.05) is 0 Å². The molecule has 52 atom stereocenters. The van der Waals surface area contributed by atoms with E-state index in [-0.39, 0.29) is 0 Å². The van der Waals surface area contributed by atoms with Crippen LogP contribution in [-0.2, 0) is 0 Å². The predicted octanol–water partition coefficient (Wildman–Crippen LogP) is 58.2. The van der Waals surface area contributed by atoms with Gasteiger partial charge in [0.05, 0.1) is 0 Å². The molecule has 0 aliphatic rings. The van der Waals surface area contributed by atoms with E-state index in [9.17, 15) is 0 Å². The molecule has 0 spiro atoms. The summed E-state index contributed by atoms with van der Waals surface area (Å²) in [6.07, 6.45) is 0. The van der Waals surface area contributed by atoms with Gasteiger partial charge in [0.15, 0.2) is 0 Å². The van der Waals surface area contributed by atoms with Crippen LogP contribution < -0.4 is 0 Å². The molecule has 0 saturated heterocycles. The van der Waals surface area contributed by atoms with Crippen molar-refractivity contribution in [3.8, 4) is 0 Å². The van der Waals surface area contributed by atoms with E-state index in [1.165, 1.54) is 0 Å². The van der Waals surface area contributed by atoms with Crippen molar-refractivity contribution in [1.29, 1.82) is 0 Å². The standard InChI is InChI=1S/H98P98/c1-51(2)76(52(3)4)88(75(49)50)94(87(73(45)46)74(47)48)97(93(85(69(37)38)70(39)40)86(71(41)42)72(43)44)98(95(89(77(53(5)6)54(7)8)78(55(9)10)56(11)12)90(79(57(13)14)58(15)16)80(59(17)18)60(19)20)96(91(81(61(21)22)62(23)24)82(63(25)26)64(27)28)92(83(65(29)30)66(31)32)84(67(33)34)68(35)36/h1-2H,3-50H2. The van der Waals surface area contributed by atoms with Gasteiger partial charge in [0, 0.05) is 0 Å². The molecule has 0 aliphatic carbocycles. The molecule has 0 aromatic heterocycles. The van der Waals surface area contributed by atoms with E-state index in [1.54, 1.807) is 0 Å². The summed E-state index contributed by atoms with van der Waals surface area (Å²) < 4.78 is 0. The van der Waals surface area contributed by atoms with Crippen molar-refractivity contribution in [3.63, 3.8) is 0 Å². The average molecular weight is 3130 g/mol. The number of rotatable bonds is 47. The molecule has 98 heavy (non-hydrogen) atoms. The Labute approximate surface area is 769 Å². The fourth-order valence-corrected chi connectivity index (χ4v) is 1460. The van der Waals surface area contributed by atoms with Crippen LogP contribution in [0.5, 0.6) is 0 Å². The topological polar surface area (TPSA) is 0 Å². The van der Waals surface area contributed by atoms with Gasteiger partial charge in [-0.1, -0.05) is 17.9 Å². The van der Waals surface area contributed by atoms with Gasteiger partial charge in [0.25, 0.3) is 0 Å². The van der Waals surface area contributed by atoms with E-state index in [2.05, 4.69) is 429 Å². The van der Waals surface area contributed by atoms with E-state index in [4.69, 9.17) is 17.9 Å². The van der Waals surface area contributed by atoms with Crippen LogP contribution in [0.4, 0.5) is 0 Å². The molecule has 0 rings (SSSR count). The van der Waals surface area contributed by atoms with Crippen LogP contribution in [0, 0.1) is 0 Å². The molecular formula is H98P98. The molecule has 98 heteroatoms. The minimum Gasteiger partial charge on any atom is -0.102 e. The molecule has 0 heterocycles. The molecule has 0 fully saturated rings. The minimum absolute atomic E-state index is 0.418. The molecule has 0 bridgehead atoms. The Balaban J connectivity index is 14.5. The highest BCUT2D eigenvalue weighted by molar-refractivity contribution is 9.60. The van der Waals surface area contributed by atoms with Crippen LogP contribution in [-0.4, -0.2) is 0 Å². The SMILES string of the molecule is [PH]P([PH])P(P(P)P)P(P(P)P)P(P(P(P)P)P(P)P)P(P(P(P(P)P)P(P)P)P(P(P)P)P(P)P)P(P(P(P(P(P)P)P(P)P)P(P(P)P)P(P)P)P(P(P(P)P)P(P)P)P(P(P)P)P(P)P)P(P(P(P(P)P)P(P)P)P(P(P)P)P(P)P)P(P(P(P)P)P(P)P)P(P(P)P)P(P)P. The van der Waals surface area contributed by atoms with Gasteiger partial charge in [-0.15, -0.1) is 429 Å². The molecule has 52 unspecified atom stereocenters. The van der Waals surface area contributed by atoms with Crippen molar-refractivity contribution in [2.24, 2.45) is 0 Å². The summed E-state index contributed by atoms with van der Waals surface area (Å²) in [6.45, 7) is -22.3. The normalized spacial score (nSPS) is 15.6. The lowest BCUT2D eigenvalue weighted by molar-refractivity contribution is 4.29. The molecule has 0 amide bonds. The molecule has 0 aliphatic heterocycles. The molecule has 2 radical (unpaired) electrons. The van der Waals surface area contributed by atoms with Crippen LogP contribution >= 0.6 is 782 Å². The smallest absolute Gasteiger partial charge is 0.000000230 e. The van der Waals surface area contributed by atoms with Gasteiger partial charge in [-0.2, -0.15) is 0 Å². The van der Waals surface area contributed by atoms with Gasteiger partial charge >= 0.3 is 0 Å². The van der Waals surface area contributed by atoms with Crippen molar-refractivity contribution in [1.82, 2.24) is 0 Å². The Kier molecular flexibility index (Phi) is 110. The number of hydrogen-bond acceptors (Lipinski definition) is 0. The van der Waals surface area contributed by atoms with Gasteiger partial charge in [-0.25, -0.2) is 0 Å².